The number of alkyl halides is 3. The molecule has 0 amide bonds. The average molecular weight is 386 g/mol. The van der Waals surface area contributed by atoms with E-state index in [0.717, 1.165) is 12.1 Å². The van der Waals surface area contributed by atoms with Crippen LogP contribution in [0, 0.1) is 0 Å². The Balaban J connectivity index is 1.84. The van der Waals surface area contributed by atoms with E-state index in [1.54, 1.807) is 12.1 Å². The molecule has 28 heavy (non-hydrogen) atoms. The van der Waals surface area contributed by atoms with Crippen molar-refractivity contribution in [2.24, 2.45) is 0 Å². The van der Waals surface area contributed by atoms with Crippen molar-refractivity contribution in [1.29, 1.82) is 0 Å². The highest BCUT2D eigenvalue weighted by molar-refractivity contribution is 5.93. The first-order chi connectivity index (χ1) is 13.2. The molecule has 0 unspecified atom stereocenters. The van der Waals surface area contributed by atoms with Gasteiger partial charge in [-0.1, -0.05) is 12.1 Å². The molecule has 0 fully saturated rings. The monoisotopic (exact) mass is 386 g/mol. The number of allylic oxidation sites excluding steroid dienone is 1. The van der Waals surface area contributed by atoms with Gasteiger partial charge in [-0.15, -0.1) is 0 Å². The van der Waals surface area contributed by atoms with Crippen molar-refractivity contribution < 1.29 is 23.1 Å². The Labute approximate surface area is 156 Å². The number of hydrogen-bond donors (Lipinski definition) is 1. The van der Waals surface area contributed by atoms with Crippen molar-refractivity contribution in [2.45, 2.75) is 19.1 Å². The molecule has 4 rings (SSSR count). The van der Waals surface area contributed by atoms with Gasteiger partial charge in [-0.3, -0.25) is 9.36 Å². The van der Waals surface area contributed by atoms with Crippen molar-refractivity contribution in [2.75, 3.05) is 0 Å². The topological polar surface area (TPSA) is 72.2 Å². The third-order valence-corrected chi connectivity index (χ3v) is 4.65. The summed E-state index contributed by atoms with van der Waals surface area (Å²) in [6.07, 6.45) is -2.42. The fourth-order valence-electron chi connectivity index (χ4n) is 3.29. The molecule has 0 saturated heterocycles. The molecule has 1 N–H and O–H groups in total. The second-order valence-corrected chi connectivity index (χ2v) is 6.47. The summed E-state index contributed by atoms with van der Waals surface area (Å²) in [5.74, 6) is -0.790. The van der Waals surface area contributed by atoms with Crippen LogP contribution < -0.4 is 5.56 Å². The molecule has 1 aliphatic heterocycles. The Kier molecular flexibility index (Phi) is 4.06. The van der Waals surface area contributed by atoms with Gasteiger partial charge in [0.1, 0.15) is 5.82 Å². The summed E-state index contributed by atoms with van der Waals surface area (Å²) in [6.45, 7) is 0.364. The molecular formula is C20H13F3N2O3. The molecule has 1 aromatic heterocycles. The first-order valence-electron chi connectivity index (χ1n) is 8.40. The van der Waals surface area contributed by atoms with Crippen LogP contribution in [0.15, 0.2) is 47.3 Å². The Hall–Kier alpha value is -3.42. The number of carboxylic acids is 1. The molecule has 0 aliphatic carbocycles. The zero-order valence-electron chi connectivity index (χ0n) is 14.3. The van der Waals surface area contributed by atoms with Gasteiger partial charge in [0, 0.05) is 6.54 Å². The summed E-state index contributed by atoms with van der Waals surface area (Å²) in [4.78, 5) is 28.3. The molecule has 8 heteroatoms. The van der Waals surface area contributed by atoms with E-state index >= 15 is 0 Å². The summed E-state index contributed by atoms with van der Waals surface area (Å²) >= 11 is 0. The summed E-state index contributed by atoms with van der Waals surface area (Å²) < 4.78 is 40.2. The number of hydrogen-bond acceptors (Lipinski definition) is 3. The lowest BCUT2D eigenvalue weighted by Crippen LogP contribution is -2.21. The predicted octanol–water partition coefficient (Wildman–Crippen LogP) is 4.06. The number of benzene rings is 2. The molecule has 0 atom stereocenters. The summed E-state index contributed by atoms with van der Waals surface area (Å²) in [5, 5.41) is 9.43. The Bertz CT molecular complexity index is 1210. The number of carboxylic acid groups (broad SMARTS) is 1. The second kappa shape index (κ2) is 6.33. The van der Waals surface area contributed by atoms with Crippen molar-refractivity contribution >= 4 is 28.5 Å². The zero-order chi connectivity index (χ0) is 20.1. The average Bonchev–Trinajstić information content (AvgIpc) is 3.04. The molecule has 0 spiro atoms. The van der Waals surface area contributed by atoms with Gasteiger partial charge in [0.05, 0.1) is 22.0 Å². The van der Waals surface area contributed by atoms with Gasteiger partial charge in [-0.2, -0.15) is 13.2 Å². The van der Waals surface area contributed by atoms with Crippen LogP contribution >= 0.6 is 0 Å². The second-order valence-electron chi connectivity index (χ2n) is 6.47. The maximum atomic E-state index is 12.9. The van der Waals surface area contributed by atoms with Crippen LogP contribution in [0.4, 0.5) is 13.2 Å². The third kappa shape index (κ3) is 3.06. The van der Waals surface area contributed by atoms with Gasteiger partial charge in [0.25, 0.3) is 5.56 Å². The zero-order valence-corrected chi connectivity index (χ0v) is 14.3. The highest BCUT2D eigenvalue weighted by Gasteiger charge is 2.30. The molecule has 5 nitrogen and oxygen atoms in total. The van der Waals surface area contributed by atoms with Crippen LogP contribution in [0.5, 0.6) is 0 Å². The van der Waals surface area contributed by atoms with Crippen molar-refractivity contribution in [3.8, 4) is 0 Å². The standard InChI is InChI=1S/C20H13F3N2O3/c21-20(22,23)14-3-1-2-11(9-14)8-12-6-7-25-17(12)24-16-10-13(19(27)28)4-5-15(16)18(25)26/h1-5,8-10H,6-7H2,(H,27,28). The van der Waals surface area contributed by atoms with E-state index < -0.39 is 17.7 Å². The molecule has 142 valence electrons. The van der Waals surface area contributed by atoms with Gasteiger partial charge in [-0.05, 0) is 54.0 Å². The third-order valence-electron chi connectivity index (χ3n) is 4.65. The van der Waals surface area contributed by atoms with Gasteiger partial charge >= 0.3 is 12.1 Å². The highest BCUT2D eigenvalue weighted by Crippen LogP contribution is 2.32. The lowest BCUT2D eigenvalue weighted by molar-refractivity contribution is -0.137. The Morgan fingerprint density at radius 3 is 2.68 bits per heavy atom. The van der Waals surface area contributed by atoms with Gasteiger partial charge < -0.3 is 5.11 Å². The van der Waals surface area contributed by atoms with Gasteiger partial charge in [0.2, 0.25) is 0 Å². The number of halogens is 3. The van der Waals surface area contributed by atoms with Crippen molar-refractivity contribution in [1.82, 2.24) is 9.55 Å². The fourth-order valence-corrected chi connectivity index (χ4v) is 3.29. The first kappa shape index (κ1) is 18.0. The maximum absolute atomic E-state index is 12.9. The molecule has 2 heterocycles. The summed E-state index contributed by atoms with van der Waals surface area (Å²) in [6, 6.07) is 8.99. The smallest absolute Gasteiger partial charge is 0.416 e. The lowest BCUT2D eigenvalue weighted by atomic mass is 10.1. The largest absolute Gasteiger partial charge is 0.478 e. The quantitative estimate of drug-likeness (QED) is 0.721. The minimum atomic E-state index is -4.44. The summed E-state index contributed by atoms with van der Waals surface area (Å²) in [7, 11) is 0. The van der Waals surface area contributed by atoms with Gasteiger partial charge in [-0.25, -0.2) is 9.78 Å². The van der Waals surface area contributed by atoms with Crippen LogP contribution in [-0.4, -0.2) is 20.6 Å². The minimum absolute atomic E-state index is 0.00533. The van der Waals surface area contributed by atoms with Crippen LogP contribution in [-0.2, 0) is 12.7 Å². The SMILES string of the molecule is O=C(O)c1ccc2c(=O)n3c(nc2c1)C(=Cc1cccc(C(F)(F)F)c1)CC3. The molecule has 3 aromatic rings. The van der Waals surface area contributed by atoms with E-state index in [0.29, 0.717) is 35.3 Å². The van der Waals surface area contributed by atoms with Crippen molar-refractivity contribution in [3.05, 3.63) is 75.3 Å². The summed E-state index contributed by atoms with van der Waals surface area (Å²) in [5.41, 5.74) is 0.170. The molecule has 2 aromatic carbocycles. The van der Waals surface area contributed by atoms with E-state index in [1.807, 2.05) is 0 Å². The number of aromatic nitrogens is 2. The van der Waals surface area contributed by atoms with Crippen LogP contribution in [0.2, 0.25) is 0 Å². The van der Waals surface area contributed by atoms with E-state index in [9.17, 15) is 22.8 Å². The fraction of sp³-hybridized carbons (Fsp3) is 0.150. The number of aromatic carboxylic acids is 1. The number of rotatable bonds is 2. The van der Waals surface area contributed by atoms with Crippen molar-refractivity contribution in [3.63, 3.8) is 0 Å². The van der Waals surface area contributed by atoms with Crippen LogP contribution in [0.1, 0.15) is 33.7 Å². The lowest BCUT2D eigenvalue weighted by Gasteiger charge is -2.08. The Morgan fingerprint density at radius 2 is 1.96 bits per heavy atom. The molecular weight excluding hydrogens is 373 g/mol. The highest BCUT2D eigenvalue weighted by atomic mass is 19.4. The van der Waals surface area contributed by atoms with E-state index in [-0.39, 0.29) is 16.6 Å². The number of fused-ring (bicyclic) bond motifs is 2. The van der Waals surface area contributed by atoms with Crippen LogP contribution in [0.3, 0.4) is 0 Å². The normalized spacial score (nSPS) is 15.2. The van der Waals surface area contributed by atoms with E-state index in [4.69, 9.17) is 5.11 Å². The maximum Gasteiger partial charge on any atom is 0.416 e. The van der Waals surface area contributed by atoms with Crippen LogP contribution in [0.25, 0.3) is 22.6 Å². The number of carbonyl (C=O) groups is 1. The molecule has 0 radical (unpaired) electrons. The van der Waals surface area contributed by atoms with E-state index in [2.05, 4.69) is 4.98 Å². The predicted molar refractivity (Wildman–Crippen MR) is 96.9 cm³/mol. The van der Waals surface area contributed by atoms with E-state index in [1.165, 1.54) is 28.8 Å². The Morgan fingerprint density at radius 1 is 1.18 bits per heavy atom. The first-order valence-corrected chi connectivity index (χ1v) is 8.40. The molecule has 1 aliphatic rings. The number of nitrogens with zero attached hydrogens (tertiary/aromatic N) is 2. The molecule has 0 saturated carbocycles. The van der Waals surface area contributed by atoms with Gasteiger partial charge in [0.15, 0.2) is 0 Å². The minimum Gasteiger partial charge on any atom is -0.478 e. The molecule has 0 bridgehead atoms.